The SMILES string of the molecule is CN1CCC2c3ccc(Oc4[c-]c(-n5[c](=[Pt])n(-c6c(-c7ccccc7)cccc6-c6ccccc6)c6ccccc65)ccc4)[c-]c3N(c3cc(C(C)(C)C)ccn3)CC2C1. The summed E-state index contributed by atoms with van der Waals surface area (Å²) in [6, 6.07) is 58.9. The van der Waals surface area contributed by atoms with E-state index in [9.17, 15) is 0 Å². The molecule has 6 nitrogen and oxygen atoms in total. The summed E-state index contributed by atoms with van der Waals surface area (Å²) in [7, 11) is 2.24. The van der Waals surface area contributed by atoms with Crippen LogP contribution in [0.3, 0.4) is 0 Å². The molecule has 0 saturated carbocycles. The Hall–Kier alpha value is -5.81. The molecule has 0 spiro atoms. The van der Waals surface area contributed by atoms with Gasteiger partial charge in [-0.05, 0) is 30.6 Å². The third-order valence-electron chi connectivity index (χ3n) is 12.2. The van der Waals surface area contributed by atoms with Crippen molar-refractivity contribution in [3.05, 3.63) is 179 Å². The third kappa shape index (κ3) is 7.06. The van der Waals surface area contributed by atoms with Gasteiger partial charge in [-0.15, -0.1) is 0 Å². The summed E-state index contributed by atoms with van der Waals surface area (Å²) in [5, 5.41) is 0. The Morgan fingerprint density at radius 2 is 1.33 bits per heavy atom. The molecule has 0 amide bonds. The van der Waals surface area contributed by atoms with Crippen molar-refractivity contribution in [1.82, 2.24) is 19.0 Å². The van der Waals surface area contributed by atoms with E-state index in [2.05, 4.69) is 218 Å². The molecule has 1 fully saturated rings. The van der Waals surface area contributed by atoms with Crippen LogP contribution in [-0.2, 0) is 24.8 Å². The van der Waals surface area contributed by atoms with Crippen LogP contribution in [0.2, 0.25) is 0 Å². The van der Waals surface area contributed by atoms with Crippen LogP contribution in [0.1, 0.15) is 44.2 Å². The number of imidazole rings is 1. The van der Waals surface area contributed by atoms with E-state index in [0.717, 1.165) is 86.0 Å². The van der Waals surface area contributed by atoms with Crippen molar-refractivity contribution < 1.29 is 24.1 Å². The second-order valence-corrected chi connectivity index (χ2v) is 18.2. The molecular formula is C53H47N5OPt-2. The number of hydrogen-bond donors (Lipinski definition) is 0. The van der Waals surface area contributed by atoms with E-state index >= 15 is 0 Å². The smallest absolute Gasteiger partial charge is 0.00197 e. The molecule has 60 heavy (non-hydrogen) atoms. The number of benzene rings is 6. The zero-order chi connectivity index (χ0) is 41.0. The van der Waals surface area contributed by atoms with Crippen LogP contribution in [-0.4, -0.2) is 45.7 Å². The zero-order valence-electron chi connectivity index (χ0n) is 34.4. The number of aromatic nitrogens is 3. The van der Waals surface area contributed by atoms with Gasteiger partial charge >= 0.3 is 297 Å². The molecule has 2 atom stereocenters. The molecule has 8 aromatic rings. The molecule has 6 aromatic carbocycles. The molecular weight excluding hydrogens is 918 g/mol. The van der Waals surface area contributed by atoms with Crippen LogP contribution >= 0.6 is 0 Å². The first kappa shape index (κ1) is 38.4. The van der Waals surface area contributed by atoms with E-state index in [0.29, 0.717) is 23.3 Å². The summed E-state index contributed by atoms with van der Waals surface area (Å²) >= 11 is 2.48. The Morgan fingerprint density at radius 1 is 0.683 bits per heavy atom. The Balaban J connectivity index is 1.07. The number of likely N-dealkylation sites (tertiary alicyclic amines) is 1. The van der Waals surface area contributed by atoms with Crippen LogP contribution < -0.4 is 9.64 Å². The second-order valence-electron chi connectivity index (χ2n) is 17.1. The Labute approximate surface area is 363 Å². The number of hydrogen-bond acceptors (Lipinski definition) is 4. The van der Waals surface area contributed by atoms with Crippen molar-refractivity contribution in [2.75, 3.05) is 31.6 Å². The maximum atomic E-state index is 6.73. The van der Waals surface area contributed by atoms with Gasteiger partial charge in [0.15, 0.2) is 0 Å². The normalized spacial score (nSPS) is 16.7. The maximum absolute atomic E-state index is 6.73. The summed E-state index contributed by atoms with van der Waals surface area (Å²) in [6.45, 7) is 9.83. The van der Waals surface area contributed by atoms with Crippen molar-refractivity contribution in [2.45, 2.75) is 38.5 Å². The van der Waals surface area contributed by atoms with E-state index in [1.807, 2.05) is 12.3 Å². The Kier molecular flexibility index (Phi) is 10.0. The predicted octanol–water partition coefficient (Wildman–Crippen LogP) is 12.1. The van der Waals surface area contributed by atoms with Crippen molar-refractivity contribution in [3.8, 4) is 45.1 Å². The van der Waals surface area contributed by atoms with Gasteiger partial charge in [0.05, 0.1) is 0 Å². The van der Waals surface area contributed by atoms with Gasteiger partial charge in [0.25, 0.3) is 0 Å². The van der Waals surface area contributed by atoms with E-state index in [1.54, 1.807) is 0 Å². The van der Waals surface area contributed by atoms with Crippen LogP contribution in [0.15, 0.2) is 152 Å². The predicted molar refractivity (Wildman–Crippen MR) is 239 cm³/mol. The van der Waals surface area contributed by atoms with Crippen molar-refractivity contribution in [1.29, 1.82) is 0 Å². The molecule has 2 aliphatic heterocycles. The number of ether oxygens (including phenoxy) is 1. The standard InChI is InChI=1S/C53H47N5O.Pt/c1-53(2,3)40-27-29-54-51(31-40)56-35-39-34-55(4)30-28-44(39)47-26-25-43(33-50(47)56)59-42-20-13-19-41(32-42)57-36-58(49-24-12-11-23-48(49)57)52-45(37-15-7-5-8-16-37)21-14-22-46(52)38-17-9-6-10-18-38;/h5-27,29,31,39,44H,28,30,34-35H2,1-4H3;/q-2;. The fourth-order valence-electron chi connectivity index (χ4n) is 9.22. The van der Waals surface area contributed by atoms with Crippen LogP contribution in [0.4, 0.5) is 11.5 Å². The molecule has 2 aliphatic rings. The Bertz CT molecular complexity index is 2850. The van der Waals surface area contributed by atoms with E-state index in [1.165, 1.54) is 11.1 Å². The van der Waals surface area contributed by atoms with Gasteiger partial charge in [-0.25, -0.2) is 0 Å². The molecule has 10 rings (SSSR count). The quantitative estimate of drug-likeness (QED) is 0.149. The van der Waals surface area contributed by atoms with E-state index < -0.39 is 0 Å². The molecule has 0 N–H and O–H groups in total. The van der Waals surface area contributed by atoms with Gasteiger partial charge < -0.3 is 4.90 Å². The van der Waals surface area contributed by atoms with Crippen LogP contribution in [0.25, 0.3) is 44.7 Å². The second kappa shape index (κ2) is 15.7. The number of fused-ring (bicyclic) bond motifs is 4. The topological polar surface area (TPSA) is 38.5 Å². The van der Waals surface area contributed by atoms with Crippen molar-refractivity contribution in [2.24, 2.45) is 5.92 Å². The van der Waals surface area contributed by atoms with E-state index in [-0.39, 0.29) is 5.41 Å². The third-order valence-corrected chi connectivity index (χ3v) is 13.2. The number of anilines is 2. The molecule has 302 valence electrons. The van der Waals surface area contributed by atoms with Gasteiger partial charge in [0.1, 0.15) is 0 Å². The van der Waals surface area contributed by atoms with Gasteiger partial charge in [-0.1, -0.05) is 20.8 Å². The minimum absolute atomic E-state index is 0.0110. The number of para-hydroxylation sites is 3. The minimum Gasteiger partial charge on any atom is 0.00197 e. The van der Waals surface area contributed by atoms with Crippen LogP contribution in [0, 0.1) is 21.9 Å². The minimum atomic E-state index is 0.0110. The molecule has 0 radical (unpaired) electrons. The summed E-state index contributed by atoms with van der Waals surface area (Å²) in [5.74, 6) is 3.24. The Morgan fingerprint density at radius 3 is 2.03 bits per heavy atom. The summed E-state index contributed by atoms with van der Waals surface area (Å²) < 4.78 is 12.4. The van der Waals surface area contributed by atoms with Crippen molar-refractivity contribution in [3.63, 3.8) is 0 Å². The van der Waals surface area contributed by atoms with Gasteiger partial charge in [-0.2, -0.15) is 0 Å². The molecule has 2 unspecified atom stereocenters. The average Bonchev–Trinajstić information content (AvgIpc) is 3.57. The number of piperidine rings is 1. The molecule has 0 bridgehead atoms. The molecule has 0 aliphatic carbocycles. The number of rotatable bonds is 7. The molecule has 4 heterocycles. The monoisotopic (exact) mass is 964 g/mol. The summed E-state index contributed by atoms with van der Waals surface area (Å²) in [4.78, 5) is 9.78. The molecule has 1 saturated heterocycles. The van der Waals surface area contributed by atoms with Crippen LogP contribution in [0.5, 0.6) is 11.5 Å². The number of nitrogens with zero attached hydrogens (tertiary/aromatic N) is 5. The van der Waals surface area contributed by atoms with Gasteiger partial charge in [0, 0.05) is 12.7 Å². The van der Waals surface area contributed by atoms with Crippen molar-refractivity contribution >= 4 is 22.5 Å². The fourth-order valence-corrected chi connectivity index (χ4v) is 10.3. The fraction of sp³-hybridized carbons (Fsp3) is 0.208. The molecule has 2 aromatic heterocycles. The first-order chi connectivity index (χ1) is 29.2. The molecule has 7 heteroatoms. The van der Waals surface area contributed by atoms with Gasteiger partial charge in [-0.3, -0.25) is 0 Å². The zero-order valence-corrected chi connectivity index (χ0v) is 36.6. The summed E-state index contributed by atoms with van der Waals surface area (Å²) in [5.41, 5.74) is 12.5. The van der Waals surface area contributed by atoms with E-state index in [4.69, 9.17) is 9.72 Å². The first-order valence-electron chi connectivity index (χ1n) is 20.8. The van der Waals surface area contributed by atoms with Gasteiger partial charge in [0.2, 0.25) is 0 Å². The average molecular weight is 965 g/mol. The number of pyridine rings is 1. The summed E-state index contributed by atoms with van der Waals surface area (Å²) in [6.07, 6.45) is 3.09. The first-order valence-corrected chi connectivity index (χ1v) is 22.0.